The van der Waals surface area contributed by atoms with Crippen molar-refractivity contribution in [2.45, 2.75) is 20.3 Å². The third-order valence-electron chi connectivity index (χ3n) is 3.30. The minimum Gasteiger partial charge on any atom is -0.352 e. The van der Waals surface area contributed by atoms with Crippen LogP contribution in [0, 0.1) is 13.8 Å². The second-order valence-electron chi connectivity index (χ2n) is 5.16. The zero-order chi connectivity index (χ0) is 15.9. The van der Waals surface area contributed by atoms with Crippen LogP contribution in [0.25, 0.3) is 0 Å². The van der Waals surface area contributed by atoms with Crippen molar-refractivity contribution in [3.63, 3.8) is 0 Å². The van der Waals surface area contributed by atoms with E-state index in [1.807, 2.05) is 43.5 Å². The van der Waals surface area contributed by atoms with Crippen LogP contribution >= 0.6 is 11.3 Å². The lowest BCUT2D eigenvalue weighted by atomic mass is 10.1. The van der Waals surface area contributed by atoms with Crippen molar-refractivity contribution >= 4 is 23.2 Å². The van der Waals surface area contributed by atoms with Crippen LogP contribution in [-0.4, -0.2) is 24.9 Å². The number of hydrogen-bond donors (Lipinski definition) is 2. The van der Waals surface area contributed by atoms with Gasteiger partial charge in [-0.2, -0.15) is 0 Å². The average molecular weight is 316 g/mol. The van der Waals surface area contributed by atoms with Gasteiger partial charge in [0.2, 0.25) is 0 Å². The van der Waals surface area contributed by atoms with Crippen molar-refractivity contribution in [1.82, 2.24) is 10.6 Å². The largest absolute Gasteiger partial charge is 0.352 e. The maximum Gasteiger partial charge on any atom is 0.261 e. The van der Waals surface area contributed by atoms with Gasteiger partial charge in [-0.3, -0.25) is 9.59 Å². The molecule has 0 saturated heterocycles. The van der Waals surface area contributed by atoms with Gasteiger partial charge >= 0.3 is 0 Å². The van der Waals surface area contributed by atoms with Gasteiger partial charge in [0.15, 0.2) is 0 Å². The molecule has 22 heavy (non-hydrogen) atoms. The highest BCUT2D eigenvalue weighted by atomic mass is 32.1. The van der Waals surface area contributed by atoms with E-state index in [1.165, 1.54) is 11.3 Å². The normalized spacial score (nSPS) is 10.3. The first-order chi connectivity index (χ1) is 10.6. The molecule has 0 radical (unpaired) electrons. The Balaban J connectivity index is 1.70. The summed E-state index contributed by atoms with van der Waals surface area (Å²) >= 11 is 1.42. The molecule has 0 fully saturated rings. The Morgan fingerprint density at radius 3 is 2.41 bits per heavy atom. The van der Waals surface area contributed by atoms with Gasteiger partial charge in [-0.25, -0.2) is 0 Å². The molecular formula is C17H20N2O2S. The number of hydrogen-bond acceptors (Lipinski definition) is 3. The van der Waals surface area contributed by atoms with Crippen LogP contribution in [0.1, 0.15) is 37.6 Å². The number of nitrogens with one attached hydrogen (secondary N) is 2. The highest BCUT2D eigenvalue weighted by Crippen LogP contribution is 2.10. The van der Waals surface area contributed by atoms with Gasteiger partial charge in [0.05, 0.1) is 4.88 Å². The minimum atomic E-state index is -0.0675. The van der Waals surface area contributed by atoms with Crippen LogP contribution in [0.2, 0.25) is 0 Å². The predicted octanol–water partition coefficient (Wildman–Crippen LogP) is 2.91. The summed E-state index contributed by atoms with van der Waals surface area (Å²) in [6, 6.07) is 9.42. The summed E-state index contributed by atoms with van der Waals surface area (Å²) in [5.74, 6) is -0.127. The van der Waals surface area contributed by atoms with Gasteiger partial charge in [0.25, 0.3) is 11.8 Å². The fourth-order valence-corrected chi connectivity index (χ4v) is 2.79. The van der Waals surface area contributed by atoms with Crippen LogP contribution in [0.4, 0.5) is 0 Å². The Morgan fingerprint density at radius 2 is 1.77 bits per heavy atom. The van der Waals surface area contributed by atoms with E-state index in [-0.39, 0.29) is 11.8 Å². The van der Waals surface area contributed by atoms with Crippen molar-refractivity contribution in [1.29, 1.82) is 0 Å². The van der Waals surface area contributed by atoms with Crippen LogP contribution in [-0.2, 0) is 0 Å². The lowest BCUT2D eigenvalue weighted by molar-refractivity contribution is 0.0952. The van der Waals surface area contributed by atoms with Gasteiger partial charge in [-0.15, -0.1) is 11.3 Å². The first-order valence-electron chi connectivity index (χ1n) is 7.25. The second-order valence-corrected chi connectivity index (χ2v) is 6.11. The smallest absolute Gasteiger partial charge is 0.261 e. The highest BCUT2D eigenvalue weighted by molar-refractivity contribution is 7.12. The van der Waals surface area contributed by atoms with Crippen molar-refractivity contribution in [2.75, 3.05) is 13.1 Å². The number of rotatable bonds is 6. The monoisotopic (exact) mass is 316 g/mol. The van der Waals surface area contributed by atoms with Crippen molar-refractivity contribution in [3.8, 4) is 0 Å². The van der Waals surface area contributed by atoms with E-state index in [2.05, 4.69) is 10.6 Å². The van der Waals surface area contributed by atoms with E-state index in [0.29, 0.717) is 30.0 Å². The number of amides is 2. The van der Waals surface area contributed by atoms with Gasteiger partial charge in [-0.1, -0.05) is 23.8 Å². The first-order valence-corrected chi connectivity index (χ1v) is 8.13. The quantitative estimate of drug-likeness (QED) is 0.805. The molecule has 0 atom stereocenters. The third kappa shape index (κ3) is 4.43. The fourth-order valence-electron chi connectivity index (χ4n) is 2.15. The molecule has 1 aromatic heterocycles. The Hall–Kier alpha value is -2.14. The van der Waals surface area contributed by atoms with Gasteiger partial charge in [0, 0.05) is 18.7 Å². The lowest BCUT2D eigenvalue weighted by Crippen LogP contribution is -2.29. The highest BCUT2D eigenvalue weighted by Gasteiger charge is 2.08. The number of carbonyl (C=O) groups is 2. The van der Waals surface area contributed by atoms with Gasteiger partial charge in [0.1, 0.15) is 0 Å². The molecular weight excluding hydrogens is 296 g/mol. The van der Waals surface area contributed by atoms with Crippen molar-refractivity contribution in [2.24, 2.45) is 0 Å². The zero-order valence-corrected chi connectivity index (χ0v) is 13.6. The van der Waals surface area contributed by atoms with E-state index in [9.17, 15) is 9.59 Å². The Kier molecular flexibility index (Phi) is 5.72. The van der Waals surface area contributed by atoms with Crippen LogP contribution < -0.4 is 10.6 Å². The zero-order valence-electron chi connectivity index (χ0n) is 12.8. The summed E-state index contributed by atoms with van der Waals surface area (Å²) in [6.07, 6.45) is 0.702. The summed E-state index contributed by atoms with van der Waals surface area (Å²) in [5.41, 5.74) is 2.82. The first kappa shape index (κ1) is 16.2. The van der Waals surface area contributed by atoms with E-state index in [0.717, 1.165) is 11.1 Å². The molecule has 2 amide bonds. The van der Waals surface area contributed by atoms with Crippen molar-refractivity contribution < 1.29 is 9.59 Å². The molecule has 5 heteroatoms. The van der Waals surface area contributed by atoms with E-state index >= 15 is 0 Å². The van der Waals surface area contributed by atoms with Gasteiger partial charge in [-0.05, 0) is 43.3 Å². The molecule has 2 rings (SSSR count). The summed E-state index contributed by atoms with van der Waals surface area (Å²) < 4.78 is 0. The Morgan fingerprint density at radius 1 is 1.05 bits per heavy atom. The van der Waals surface area contributed by atoms with Gasteiger partial charge < -0.3 is 10.6 Å². The molecule has 0 saturated carbocycles. The molecule has 0 bridgehead atoms. The van der Waals surface area contributed by atoms with Crippen LogP contribution in [0.15, 0.2) is 35.7 Å². The Labute approximate surface area is 134 Å². The molecule has 2 N–H and O–H groups in total. The molecule has 1 aromatic carbocycles. The van der Waals surface area contributed by atoms with E-state index in [1.54, 1.807) is 6.07 Å². The van der Waals surface area contributed by atoms with Crippen LogP contribution in [0.5, 0.6) is 0 Å². The van der Waals surface area contributed by atoms with E-state index < -0.39 is 0 Å². The molecule has 0 aliphatic heterocycles. The van der Waals surface area contributed by atoms with Crippen LogP contribution in [0.3, 0.4) is 0 Å². The van der Waals surface area contributed by atoms with E-state index in [4.69, 9.17) is 0 Å². The Bertz CT molecular complexity index is 651. The molecule has 2 aromatic rings. The average Bonchev–Trinajstić information content (AvgIpc) is 3.00. The summed E-state index contributed by atoms with van der Waals surface area (Å²) in [4.78, 5) is 24.5. The second kappa shape index (κ2) is 7.75. The SMILES string of the molecule is Cc1ccc(C(=O)NCCCNC(=O)c2cccs2)c(C)c1. The lowest BCUT2D eigenvalue weighted by Gasteiger charge is -2.09. The molecule has 0 unspecified atom stereocenters. The number of benzene rings is 1. The minimum absolute atomic E-state index is 0.0595. The number of aryl methyl sites for hydroxylation is 2. The number of thiophene rings is 1. The summed E-state index contributed by atoms with van der Waals surface area (Å²) in [6.45, 7) is 5.02. The maximum absolute atomic E-state index is 12.1. The fraction of sp³-hybridized carbons (Fsp3) is 0.294. The molecule has 0 aliphatic rings. The standard InChI is InChI=1S/C17H20N2O2S/c1-12-6-7-14(13(2)11-12)16(20)18-8-4-9-19-17(21)15-5-3-10-22-15/h3,5-7,10-11H,4,8-9H2,1-2H3,(H,18,20)(H,19,21). The summed E-state index contributed by atoms with van der Waals surface area (Å²) in [7, 11) is 0. The third-order valence-corrected chi connectivity index (χ3v) is 4.16. The molecule has 1 heterocycles. The molecule has 4 nitrogen and oxygen atoms in total. The molecule has 0 aliphatic carbocycles. The topological polar surface area (TPSA) is 58.2 Å². The van der Waals surface area contributed by atoms with Crippen molar-refractivity contribution in [3.05, 3.63) is 57.3 Å². The molecule has 116 valence electrons. The number of carbonyl (C=O) groups excluding carboxylic acids is 2. The maximum atomic E-state index is 12.1. The predicted molar refractivity (Wildman–Crippen MR) is 89.5 cm³/mol. The summed E-state index contributed by atoms with van der Waals surface area (Å²) in [5, 5.41) is 7.59. The molecule has 0 spiro atoms.